The van der Waals surface area contributed by atoms with Gasteiger partial charge >= 0.3 is 0 Å². The van der Waals surface area contributed by atoms with E-state index in [1.165, 1.54) is 0 Å². The van der Waals surface area contributed by atoms with Crippen LogP contribution in [0.3, 0.4) is 0 Å². The van der Waals surface area contributed by atoms with Crippen molar-refractivity contribution in [3.05, 3.63) is 0 Å². The van der Waals surface area contributed by atoms with E-state index < -0.39 is 11.7 Å². The molecule has 0 saturated carbocycles. The summed E-state index contributed by atoms with van der Waals surface area (Å²) in [6.45, 7) is 3.77. The first kappa shape index (κ1) is 12.5. The third kappa shape index (κ3) is 3.80. The summed E-state index contributed by atoms with van der Waals surface area (Å²) >= 11 is 0. The Bertz CT molecular complexity index is 165. The Hall–Kier alpha value is -0.520. The van der Waals surface area contributed by atoms with E-state index in [4.69, 9.17) is 6.42 Å². The Morgan fingerprint density at radius 1 is 1.38 bits per heavy atom. The van der Waals surface area contributed by atoms with Crippen molar-refractivity contribution < 1.29 is 10.2 Å². The maximum atomic E-state index is 9.89. The highest BCUT2D eigenvalue weighted by molar-refractivity contribution is 4.87. The molecule has 2 heteroatoms. The predicted octanol–water partition coefficient (Wildman–Crippen LogP) is 1.70. The Balaban J connectivity index is 3.93. The summed E-state index contributed by atoms with van der Waals surface area (Å²) < 4.78 is 0. The minimum absolute atomic E-state index is 0.584. The van der Waals surface area contributed by atoms with Gasteiger partial charge in [-0.2, -0.15) is 0 Å². The van der Waals surface area contributed by atoms with Crippen LogP contribution in [-0.4, -0.2) is 21.9 Å². The van der Waals surface area contributed by atoms with Crippen LogP contribution in [-0.2, 0) is 0 Å². The molecule has 0 aliphatic heterocycles. The lowest BCUT2D eigenvalue weighted by atomic mass is 9.88. The van der Waals surface area contributed by atoms with Gasteiger partial charge in [0.05, 0.1) is 11.7 Å². The van der Waals surface area contributed by atoms with E-state index >= 15 is 0 Å². The first-order chi connectivity index (χ1) is 6.10. The zero-order chi connectivity index (χ0) is 10.3. The number of unbranched alkanes of at least 4 members (excludes halogenated alkanes) is 1. The van der Waals surface area contributed by atoms with Gasteiger partial charge < -0.3 is 10.2 Å². The second kappa shape index (κ2) is 6.01. The van der Waals surface area contributed by atoms with Gasteiger partial charge in [-0.25, -0.2) is 0 Å². The molecule has 0 saturated heterocycles. The lowest BCUT2D eigenvalue weighted by molar-refractivity contribution is -0.0831. The fourth-order valence-electron chi connectivity index (χ4n) is 1.39. The van der Waals surface area contributed by atoms with Crippen LogP contribution in [0.1, 0.15) is 46.0 Å². The SMILES string of the molecule is C#CCCCC(O)C(O)(CC)CC. The fraction of sp³-hybridized carbons (Fsp3) is 0.818. The molecule has 0 bridgehead atoms. The third-order valence-corrected chi connectivity index (χ3v) is 2.64. The summed E-state index contributed by atoms with van der Waals surface area (Å²) in [4.78, 5) is 0. The number of hydrogen-bond donors (Lipinski definition) is 2. The molecule has 0 aromatic rings. The normalized spacial score (nSPS) is 13.8. The first-order valence-corrected chi connectivity index (χ1v) is 4.94. The molecule has 0 aliphatic carbocycles. The molecule has 0 heterocycles. The highest BCUT2D eigenvalue weighted by Gasteiger charge is 2.30. The largest absolute Gasteiger partial charge is 0.390 e. The van der Waals surface area contributed by atoms with Gasteiger partial charge in [-0.15, -0.1) is 12.3 Å². The Morgan fingerprint density at radius 3 is 2.31 bits per heavy atom. The van der Waals surface area contributed by atoms with Crippen molar-refractivity contribution in [1.82, 2.24) is 0 Å². The standard InChI is InChI=1S/C11H20O2/c1-4-7-8-9-10(12)11(13,5-2)6-3/h1,10,12-13H,5-9H2,2-3H3. The van der Waals surface area contributed by atoms with Crippen molar-refractivity contribution in [3.8, 4) is 12.3 Å². The Kier molecular flexibility index (Phi) is 5.77. The van der Waals surface area contributed by atoms with Crippen LogP contribution >= 0.6 is 0 Å². The number of aliphatic hydroxyl groups is 2. The molecule has 0 aromatic heterocycles. The van der Waals surface area contributed by atoms with Gasteiger partial charge in [-0.1, -0.05) is 13.8 Å². The summed E-state index contributed by atoms with van der Waals surface area (Å²) in [7, 11) is 0. The van der Waals surface area contributed by atoms with Crippen LogP contribution in [0.5, 0.6) is 0 Å². The van der Waals surface area contributed by atoms with Gasteiger partial charge in [0.1, 0.15) is 0 Å². The average Bonchev–Trinajstić information content (AvgIpc) is 2.17. The average molecular weight is 184 g/mol. The summed E-state index contributed by atoms with van der Waals surface area (Å²) in [6, 6.07) is 0. The molecule has 1 atom stereocenters. The summed E-state index contributed by atoms with van der Waals surface area (Å²) in [5.41, 5.74) is -0.922. The molecule has 0 fully saturated rings. The van der Waals surface area contributed by atoms with E-state index in [1.807, 2.05) is 13.8 Å². The highest BCUT2D eigenvalue weighted by atomic mass is 16.3. The molecule has 0 aliphatic rings. The molecule has 0 spiro atoms. The molecular weight excluding hydrogens is 164 g/mol. The highest BCUT2D eigenvalue weighted by Crippen LogP contribution is 2.22. The van der Waals surface area contributed by atoms with Crippen LogP contribution in [0.4, 0.5) is 0 Å². The molecule has 0 aromatic carbocycles. The summed E-state index contributed by atoms with van der Waals surface area (Å²) in [6.07, 6.45) is 7.65. The molecule has 0 rings (SSSR count). The molecule has 0 amide bonds. The molecule has 76 valence electrons. The monoisotopic (exact) mass is 184 g/mol. The Morgan fingerprint density at radius 2 is 1.92 bits per heavy atom. The summed E-state index contributed by atoms with van der Waals surface area (Å²) in [5, 5.41) is 19.6. The second-order valence-corrected chi connectivity index (χ2v) is 3.42. The van der Waals surface area contributed by atoms with E-state index in [-0.39, 0.29) is 0 Å². The number of rotatable bonds is 6. The third-order valence-electron chi connectivity index (χ3n) is 2.64. The van der Waals surface area contributed by atoms with Crippen molar-refractivity contribution in [2.24, 2.45) is 0 Å². The van der Waals surface area contributed by atoms with E-state index in [9.17, 15) is 10.2 Å². The molecule has 2 N–H and O–H groups in total. The zero-order valence-corrected chi connectivity index (χ0v) is 8.58. The van der Waals surface area contributed by atoms with Crippen LogP contribution < -0.4 is 0 Å². The molecule has 0 radical (unpaired) electrons. The smallest absolute Gasteiger partial charge is 0.0900 e. The van der Waals surface area contributed by atoms with Gasteiger partial charge in [0, 0.05) is 6.42 Å². The number of terminal acetylenes is 1. The minimum Gasteiger partial charge on any atom is -0.390 e. The van der Waals surface area contributed by atoms with Crippen molar-refractivity contribution in [1.29, 1.82) is 0 Å². The van der Waals surface area contributed by atoms with Gasteiger partial charge in [0.15, 0.2) is 0 Å². The first-order valence-electron chi connectivity index (χ1n) is 4.94. The van der Waals surface area contributed by atoms with Crippen molar-refractivity contribution in [3.63, 3.8) is 0 Å². The van der Waals surface area contributed by atoms with E-state index in [1.54, 1.807) is 0 Å². The lowest BCUT2D eigenvalue weighted by Gasteiger charge is -2.30. The quantitative estimate of drug-likeness (QED) is 0.487. The van der Waals surface area contributed by atoms with Gasteiger partial charge in [0.25, 0.3) is 0 Å². The van der Waals surface area contributed by atoms with E-state index in [2.05, 4.69) is 5.92 Å². The minimum atomic E-state index is -0.922. The van der Waals surface area contributed by atoms with Crippen molar-refractivity contribution >= 4 is 0 Å². The van der Waals surface area contributed by atoms with Crippen LogP contribution in [0.25, 0.3) is 0 Å². The van der Waals surface area contributed by atoms with Crippen LogP contribution in [0.15, 0.2) is 0 Å². The fourth-order valence-corrected chi connectivity index (χ4v) is 1.39. The maximum absolute atomic E-state index is 9.89. The number of hydrogen-bond acceptors (Lipinski definition) is 2. The van der Waals surface area contributed by atoms with E-state index in [0.29, 0.717) is 25.7 Å². The second-order valence-electron chi connectivity index (χ2n) is 3.42. The Labute approximate surface area is 81.0 Å². The molecule has 2 nitrogen and oxygen atoms in total. The topological polar surface area (TPSA) is 40.5 Å². The summed E-state index contributed by atoms with van der Waals surface area (Å²) in [5.74, 6) is 2.52. The van der Waals surface area contributed by atoms with Crippen LogP contribution in [0.2, 0.25) is 0 Å². The van der Waals surface area contributed by atoms with Gasteiger partial charge in [0.2, 0.25) is 0 Å². The number of aliphatic hydroxyl groups excluding tert-OH is 1. The molecule has 13 heavy (non-hydrogen) atoms. The predicted molar refractivity (Wildman–Crippen MR) is 54.2 cm³/mol. The molecule has 1 unspecified atom stereocenters. The van der Waals surface area contributed by atoms with Gasteiger partial charge in [-0.05, 0) is 25.7 Å². The van der Waals surface area contributed by atoms with Gasteiger partial charge in [-0.3, -0.25) is 0 Å². The van der Waals surface area contributed by atoms with Crippen molar-refractivity contribution in [2.75, 3.05) is 0 Å². The molecular formula is C11H20O2. The van der Waals surface area contributed by atoms with Crippen LogP contribution in [0, 0.1) is 12.3 Å². The van der Waals surface area contributed by atoms with Crippen molar-refractivity contribution in [2.45, 2.75) is 57.7 Å². The van der Waals surface area contributed by atoms with E-state index in [0.717, 1.165) is 6.42 Å². The zero-order valence-electron chi connectivity index (χ0n) is 8.58. The maximum Gasteiger partial charge on any atom is 0.0900 e. The lowest BCUT2D eigenvalue weighted by Crippen LogP contribution is -2.41.